The highest BCUT2D eigenvalue weighted by Gasteiger charge is 2.11. The first-order valence-electron chi connectivity index (χ1n) is 5.00. The zero-order valence-electron chi connectivity index (χ0n) is 9.70. The summed E-state index contributed by atoms with van der Waals surface area (Å²) >= 11 is 0. The smallest absolute Gasteiger partial charge is 0.254 e. The van der Waals surface area contributed by atoms with Crippen molar-refractivity contribution in [3.63, 3.8) is 0 Å². The van der Waals surface area contributed by atoms with Crippen LogP contribution in [-0.4, -0.2) is 47.6 Å². The third-order valence-corrected chi connectivity index (χ3v) is 2.20. The van der Waals surface area contributed by atoms with Crippen LogP contribution in [0, 0.1) is 6.92 Å². The predicted octanol–water partition coefficient (Wildman–Crippen LogP) is -0.0738. The van der Waals surface area contributed by atoms with Crippen LogP contribution in [0.1, 0.15) is 22.5 Å². The van der Waals surface area contributed by atoms with Crippen molar-refractivity contribution in [2.24, 2.45) is 0 Å². The van der Waals surface area contributed by atoms with Gasteiger partial charge < -0.3 is 10.2 Å². The Morgan fingerprint density at radius 2 is 2.19 bits per heavy atom. The number of nitrogens with zero attached hydrogens (tertiary/aromatic N) is 2. The number of carbonyl (C=O) groups is 2. The molecule has 6 nitrogen and oxygen atoms in total. The fourth-order valence-corrected chi connectivity index (χ4v) is 1.18. The van der Waals surface area contributed by atoms with E-state index in [1.165, 1.54) is 11.1 Å². The van der Waals surface area contributed by atoms with Gasteiger partial charge in [-0.25, -0.2) is 0 Å². The molecule has 16 heavy (non-hydrogen) atoms. The molecule has 0 bridgehead atoms. The number of amides is 2. The lowest BCUT2D eigenvalue weighted by Gasteiger charge is -2.10. The molecule has 0 aliphatic carbocycles. The lowest BCUT2D eigenvalue weighted by atomic mass is 10.2. The Labute approximate surface area is 94.0 Å². The van der Waals surface area contributed by atoms with E-state index in [1.807, 2.05) is 0 Å². The Morgan fingerprint density at radius 3 is 2.69 bits per heavy atom. The molecule has 0 atom stereocenters. The van der Waals surface area contributed by atoms with Gasteiger partial charge in [0.2, 0.25) is 5.91 Å². The topological polar surface area (TPSA) is 78.1 Å². The molecule has 0 unspecified atom stereocenters. The third kappa shape index (κ3) is 3.08. The van der Waals surface area contributed by atoms with Gasteiger partial charge in [0.05, 0.1) is 11.8 Å². The summed E-state index contributed by atoms with van der Waals surface area (Å²) in [6.45, 7) is 2.10. The molecule has 1 heterocycles. The first kappa shape index (κ1) is 12.2. The predicted molar refractivity (Wildman–Crippen MR) is 59.0 cm³/mol. The molecule has 0 spiro atoms. The molecule has 2 N–H and O–H groups in total. The van der Waals surface area contributed by atoms with Gasteiger partial charge in [-0.05, 0) is 6.92 Å². The quantitative estimate of drug-likeness (QED) is 0.751. The van der Waals surface area contributed by atoms with E-state index < -0.39 is 0 Å². The molecule has 6 heteroatoms. The van der Waals surface area contributed by atoms with Gasteiger partial charge in [-0.2, -0.15) is 5.10 Å². The van der Waals surface area contributed by atoms with Crippen LogP contribution in [0.15, 0.2) is 6.20 Å². The van der Waals surface area contributed by atoms with E-state index in [0.29, 0.717) is 18.5 Å². The number of nitrogens with one attached hydrogen (secondary N) is 2. The van der Waals surface area contributed by atoms with Crippen molar-refractivity contribution >= 4 is 11.8 Å². The molecule has 0 saturated carbocycles. The molecular weight excluding hydrogens is 208 g/mol. The first-order chi connectivity index (χ1) is 7.52. The maximum absolute atomic E-state index is 11.6. The van der Waals surface area contributed by atoms with E-state index in [1.54, 1.807) is 21.0 Å². The van der Waals surface area contributed by atoms with Gasteiger partial charge in [0.25, 0.3) is 5.91 Å². The van der Waals surface area contributed by atoms with Crippen LogP contribution < -0.4 is 5.32 Å². The van der Waals surface area contributed by atoms with Crippen LogP contribution in [0.5, 0.6) is 0 Å². The molecule has 0 radical (unpaired) electrons. The highest BCUT2D eigenvalue weighted by molar-refractivity contribution is 5.95. The lowest BCUT2D eigenvalue weighted by Crippen LogP contribution is -2.30. The second kappa shape index (κ2) is 5.29. The third-order valence-electron chi connectivity index (χ3n) is 2.20. The van der Waals surface area contributed by atoms with E-state index in [0.717, 1.165) is 5.69 Å². The van der Waals surface area contributed by atoms with Crippen LogP contribution in [0.25, 0.3) is 0 Å². The van der Waals surface area contributed by atoms with Crippen LogP contribution in [0.4, 0.5) is 0 Å². The molecule has 1 aromatic heterocycles. The van der Waals surface area contributed by atoms with Crippen molar-refractivity contribution in [2.45, 2.75) is 13.3 Å². The Balaban J connectivity index is 2.37. The first-order valence-corrected chi connectivity index (χ1v) is 5.00. The average Bonchev–Trinajstić information content (AvgIpc) is 2.64. The number of hydrogen-bond donors (Lipinski definition) is 2. The van der Waals surface area contributed by atoms with E-state index >= 15 is 0 Å². The number of carbonyl (C=O) groups excluding carboxylic acids is 2. The molecule has 0 aliphatic rings. The van der Waals surface area contributed by atoms with Gasteiger partial charge in [-0.1, -0.05) is 0 Å². The summed E-state index contributed by atoms with van der Waals surface area (Å²) in [6, 6.07) is 0. The number of aryl methyl sites for hydroxylation is 1. The van der Waals surface area contributed by atoms with E-state index in [4.69, 9.17) is 0 Å². The highest BCUT2D eigenvalue weighted by atomic mass is 16.2. The summed E-state index contributed by atoms with van der Waals surface area (Å²) in [5.74, 6) is -0.220. The minimum atomic E-state index is -0.210. The van der Waals surface area contributed by atoms with Crippen molar-refractivity contribution < 1.29 is 9.59 Å². The van der Waals surface area contributed by atoms with Gasteiger partial charge in [0.1, 0.15) is 0 Å². The van der Waals surface area contributed by atoms with Crippen molar-refractivity contribution in [3.8, 4) is 0 Å². The van der Waals surface area contributed by atoms with Crippen molar-refractivity contribution in [1.82, 2.24) is 20.4 Å². The average molecular weight is 224 g/mol. The maximum Gasteiger partial charge on any atom is 0.254 e. The van der Waals surface area contributed by atoms with E-state index in [9.17, 15) is 9.59 Å². The number of aromatic nitrogens is 2. The SMILES string of the molecule is Cc1[nH]ncc1C(=O)NCCC(=O)N(C)C. The molecule has 0 saturated heterocycles. The highest BCUT2D eigenvalue weighted by Crippen LogP contribution is 2.01. The lowest BCUT2D eigenvalue weighted by molar-refractivity contribution is -0.128. The maximum atomic E-state index is 11.6. The Hall–Kier alpha value is -1.85. The molecular formula is C10H16N4O2. The summed E-state index contributed by atoms with van der Waals surface area (Å²) in [6.07, 6.45) is 1.77. The van der Waals surface area contributed by atoms with Gasteiger partial charge in [0, 0.05) is 32.8 Å². The number of rotatable bonds is 4. The van der Waals surface area contributed by atoms with Gasteiger partial charge >= 0.3 is 0 Å². The van der Waals surface area contributed by atoms with Gasteiger partial charge in [-0.15, -0.1) is 0 Å². The Morgan fingerprint density at radius 1 is 1.50 bits per heavy atom. The van der Waals surface area contributed by atoms with Crippen LogP contribution in [0.2, 0.25) is 0 Å². The Kier molecular flexibility index (Phi) is 4.04. The van der Waals surface area contributed by atoms with Gasteiger partial charge in [-0.3, -0.25) is 14.7 Å². The zero-order valence-corrected chi connectivity index (χ0v) is 9.70. The van der Waals surface area contributed by atoms with Crippen molar-refractivity contribution in [3.05, 3.63) is 17.5 Å². The summed E-state index contributed by atoms with van der Waals surface area (Å²) < 4.78 is 0. The van der Waals surface area contributed by atoms with Crippen molar-refractivity contribution in [2.75, 3.05) is 20.6 Å². The molecule has 2 amide bonds. The second-order valence-electron chi connectivity index (χ2n) is 3.70. The minimum absolute atomic E-state index is 0.00999. The second-order valence-corrected chi connectivity index (χ2v) is 3.70. The fraction of sp³-hybridized carbons (Fsp3) is 0.500. The zero-order chi connectivity index (χ0) is 12.1. The number of aromatic amines is 1. The summed E-state index contributed by atoms with van der Waals surface area (Å²) in [5.41, 5.74) is 1.23. The molecule has 0 aromatic carbocycles. The monoisotopic (exact) mass is 224 g/mol. The Bertz CT molecular complexity index is 384. The largest absolute Gasteiger partial charge is 0.351 e. The fourth-order valence-electron chi connectivity index (χ4n) is 1.18. The number of hydrogen-bond acceptors (Lipinski definition) is 3. The summed E-state index contributed by atoms with van der Waals surface area (Å²) in [4.78, 5) is 24.3. The van der Waals surface area contributed by atoms with Gasteiger partial charge in [0.15, 0.2) is 0 Å². The van der Waals surface area contributed by atoms with Crippen molar-refractivity contribution in [1.29, 1.82) is 0 Å². The normalized spacial score (nSPS) is 9.94. The molecule has 1 aromatic rings. The van der Waals surface area contributed by atoms with Crippen LogP contribution in [-0.2, 0) is 4.79 Å². The molecule has 1 rings (SSSR count). The molecule has 0 aliphatic heterocycles. The van der Waals surface area contributed by atoms with E-state index in [-0.39, 0.29) is 11.8 Å². The summed E-state index contributed by atoms with van der Waals surface area (Å²) in [5, 5.41) is 9.10. The molecule has 0 fully saturated rings. The van der Waals surface area contributed by atoms with Crippen LogP contribution >= 0.6 is 0 Å². The minimum Gasteiger partial charge on any atom is -0.351 e. The number of H-pyrrole nitrogens is 1. The summed E-state index contributed by atoms with van der Waals surface area (Å²) in [7, 11) is 3.37. The standard InChI is InChI=1S/C10H16N4O2/c1-7-8(6-12-13-7)10(16)11-5-4-9(15)14(2)3/h6H,4-5H2,1-3H3,(H,11,16)(H,12,13). The van der Waals surface area contributed by atoms with Crippen LogP contribution in [0.3, 0.4) is 0 Å². The van der Waals surface area contributed by atoms with E-state index in [2.05, 4.69) is 15.5 Å². The molecule has 88 valence electrons.